The van der Waals surface area contributed by atoms with Crippen LogP contribution in [0.1, 0.15) is 84.0 Å². The van der Waals surface area contributed by atoms with Crippen LogP contribution in [0.5, 0.6) is 5.75 Å². The molecule has 0 aliphatic carbocycles. The summed E-state index contributed by atoms with van der Waals surface area (Å²) in [7, 11) is 0. The number of hydrogen-bond acceptors (Lipinski definition) is 9. The van der Waals surface area contributed by atoms with Gasteiger partial charge in [-0.25, -0.2) is 14.4 Å². The second kappa shape index (κ2) is 18.9. The number of ether oxygens (including phenoxy) is 6. The fourth-order valence-electron chi connectivity index (χ4n) is 4.37. The van der Waals surface area contributed by atoms with Crippen molar-refractivity contribution in [2.75, 3.05) is 26.4 Å². The Morgan fingerprint density at radius 2 is 1.14 bits per heavy atom. The van der Waals surface area contributed by atoms with Crippen molar-refractivity contribution < 1.29 is 42.8 Å². The molecule has 0 spiro atoms. The molecule has 0 saturated carbocycles. The van der Waals surface area contributed by atoms with E-state index in [9.17, 15) is 14.4 Å². The van der Waals surface area contributed by atoms with Gasteiger partial charge in [0.15, 0.2) is 18.5 Å². The molecular formula is C35H46O9. The lowest BCUT2D eigenvalue weighted by Crippen LogP contribution is -2.39. The molecule has 0 bridgehead atoms. The summed E-state index contributed by atoms with van der Waals surface area (Å²) in [5, 5.41) is 0. The summed E-state index contributed by atoms with van der Waals surface area (Å²) in [5.41, 5.74) is 3.09. The van der Waals surface area contributed by atoms with Gasteiger partial charge in [-0.2, -0.15) is 0 Å². The smallest absolute Gasteiger partial charge is 0.338 e. The van der Waals surface area contributed by atoms with Crippen LogP contribution in [0.4, 0.5) is 0 Å². The van der Waals surface area contributed by atoms with Crippen LogP contribution in [0.15, 0.2) is 60.7 Å². The Morgan fingerprint density at radius 1 is 0.659 bits per heavy atom. The predicted molar refractivity (Wildman–Crippen MR) is 166 cm³/mol. The van der Waals surface area contributed by atoms with Crippen LogP contribution in [0.3, 0.4) is 0 Å². The van der Waals surface area contributed by atoms with E-state index >= 15 is 0 Å². The quantitative estimate of drug-likeness (QED) is 0.0728. The number of carbonyl (C=O) groups is 3. The molecule has 9 heteroatoms. The Kier molecular flexibility index (Phi) is 14.9. The van der Waals surface area contributed by atoms with Crippen molar-refractivity contribution in [2.45, 2.75) is 90.6 Å². The standard InChI is InChI=1S/C35H46O9/c1-5-7-21-41-33(37)30-31(34(38)42-22-8-6-2)44-35(43-30)28-15-13-26(14-16-28)27-17-19-29(20-18-27)39-23-11-9-10-12-24-40-32(36)25(3)4/h13-20,30-31,35H,3,5-12,21-24H2,1-2,4H3/t30-,31-/m1/s1. The minimum atomic E-state index is -1.19. The monoisotopic (exact) mass is 610 g/mol. The molecule has 1 fully saturated rings. The predicted octanol–water partition coefficient (Wildman–Crippen LogP) is 6.88. The molecule has 1 heterocycles. The maximum atomic E-state index is 12.7. The zero-order valence-corrected chi connectivity index (χ0v) is 26.2. The molecule has 9 nitrogen and oxygen atoms in total. The van der Waals surface area contributed by atoms with Crippen molar-refractivity contribution in [2.24, 2.45) is 0 Å². The van der Waals surface area contributed by atoms with Crippen LogP contribution in [0.25, 0.3) is 11.1 Å². The molecule has 240 valence electrons. The van der Waals surface area contributed by atoms with E-state index in [0.717, 1.165) is 68.2 Å². The molecule has 1 saturated heterocycles. The van der Waals surface area contributed by atoms with Crippen molar-refractivity contribution in [3.63, 3.8) is 0 Å². The van der Waals surface area contributed by atoms with Crippen molar-refractivity contribution in [1.29, 1.82) is 0 Å². The SMILES string of the molecule is C=C(C)C(=O)OCCCCCCOc1ccc(-c2ccc(C3O[C@@H](C(=O)OCCCC)[C@H](C(=O)OCCCC)O3)cc2)cc1. The topological polar surface area (TPSA) is 107 Å². The summed E-state index contributed by atoms with van der Waals surface area (Å²) in [6.45, 7) is 10.7. The van der Waals surface area contributed by atoms with E-state index in [2.05, 4.69) is 6.58 Å². The molecule has 1 aliphatic heterocycles. The van der Waals surface area contributed by atoms with E-state index in [0.29, 0.717) is 24.4 Å². The highest BCUT2D eigenvalue weighted by Gasteiger charge is 2.47. The van der Waals surface area contributed by atoms with Crippen molar-refractivity contribution in [1.82, 2.24) is 0 Å². The molecule has 2 aromatic rings. The van der Waals surface area contributed by atoms with Gasteiger partial charge in [-0.15, -0.1) is 0 Å². The first kappa shape index (κ1) is 34.8. The first-order chi connectivity index (χ1) is 21.3. The fourth-order valence-corrected chi connectivity index (χ4v) is 4.37. The summed E-state index contributed by atoms with van der Waals surface area (Å²) < 4.78 is 33.4. The Balaban J connectivity index is 1.49. The highest BCUT2D eigenvalue weighted by molar-refractivity contribution is 5.87. The normalized spacial score (nSPS) is 16.3. The van der Waals surface area contributed by atoms with Gasteiger partial charge in [0, 0.05) is 11.1 Å². The molecule has 0 aromatic heterocycles. The molecule has 2 atom stereocenters. The Hall–Kier alpha value is -3.69. The average Bonchev–Trinajstić information content (AvgIpc) is 3.49. The van der Waals surface area contributed by atoms with E-state index in [1.54, 1.807) is 6.92 Å². The van der Waals surface area contributed by atoms with E-state index in [4.69, 9.17) is 28.4 Å². The lowest BCUT2D eigenvalue weighted by Gasteiger charge is -2.14. The van der Waals surface area contributed by atoms with Gasteiger partial charge in [0.1, 0.15) is 5.75 Å². The van der Waals surface area contributed by atoms with Crippen molar-refractivity contribution in [3.8, 4) is 16.9 Å². The number of hydrogen-bond donors (Lipinski definition) is 0. The zero-order valence-electron chi connectivity index (χ0n) is 26.2. The van der Waals surface area contributed by atoms with Gasteiger partial charge in [0.25, 0.3) is 0 Å². The number of unbranched alkanes of at least 4 members (excludes halogenated alkanes) is 5. The van der Waals surface area contributed by atoms with Gasteiger partial charge in [-0.3, -0.25) is 0 Å². The molecule has 0 amide bonds. The maximum absolute atomic E-state index is 12.7. The molecule has 0 unspecified atom stereocenters. The van der Waals surface area contributed by atoms with Crippen LogP contribution in [-0.2, 0) is 38.1 Å². The summed E-state index contributed by atoms with van der Waals surface area (Å²) in [6, 6.07) is 15.4. The fraction of sp³-hybridized carbons (Fsp3) is 0.514. The number of carbonyl (C=O) groups excluding carboxylic acids is 3. The van der Waals surface area contributed by atoms with Gasteiger partial charge in [0.05, 0.1) is 26.4 Å². The van der Waals surface area contributed by atoms with E-state index in [1.165, 1.54) is 0 Å². The summed E-state index contributed by atoms with van der Waals surface area (Å²) in [4.78, 5) is 36.8. The van der Waals surface area contributed by atoms with Gasteiger partial charge in [-0.1, -0.05) is 69.7 Å². The summed E-state index contributed by atoms with van der Waals surface area (Å²) >= 11 is 0. The van der Waals surface area contributed by atoms with Gasteiger partial charge in [0.2, 0.25) is 0 Å². The van der Waals surface area contributed by atoms with E-state index in [1.807, 2.05) is 62.4 Å². The molecule has 2 aromatic carbocycles. The Labute approximate surface area is 260 Å². The minimum absolute atomic E-state index is 0.256. The van der Waals surface area contributed by atoms with Gasteiger partial charge >= 0.3 is 17.9 Å². The largest absolute Gasteiger partial charge is 0.494 e. The van der Waals surface area contributed by atoms with Crippen LogP contribution < -0.4 is 4.74 Å². The molecule has 44 heavy (non-hydrogen) atoms. The second-order valence-electron chi connectivity index (χ2n) is 10.8. The number of benzene rings is 2. The number of rotatable bonds is 19. The third-order valence-corrected chi connectivity index (χ3v) is 7.02. The number of esters is 3. The third kappa shape index (κ3) is 11.1. The lowest BCUT2D eigenvalue weighted by molar-refractivity contribution is -0.163. The molecule has 1 aliphatic rings. The molecule has 0 N–H and O–H groups in total. The van der Waals surface area contributed by atoms with Crippen molar-refractivity contribution in [3.05, 3.63) is 66.2 Å². The van der Waals surface area contributed by atoms with Crippen LogP contribution in [0.2, 0.25) is 0 Å². The highest BCUT2D eigenvalue weighted by Crippen LogP contribution is 2.34. The molecule has 3 rings (SSSR count). The van der Waals surface area contributed by atoms with E-state index < -0.39 is 30.4 Å². The van der Waals surface area contributed by atoms with Crippen molar-refractivity contribution >= 4 is 17.9 Å². The Morgan fingerprint density at radius 3 is 1.64 bits per heavy atom. The lowest BCUT2D eigenvalue weighted by atomic mass is 10.0. The zero-order chi connectivity index (χ0) is 31.7. The highest BCUT2D eigenvalue weighted by atomic mass is 16.8. The first-order valence-electron chi connectivity index (χ1n) is 15.6. The van der Waals surface area contributed by atoms with Crippen LogP contribution in [-0.4, -0.2) is 56.5 Å². The van der Waals surface area contributed by atoms with E-state index in [-0.39, 0.29) is 19.2 Å². The van der Waals surface area contributed by atoms with Crippen LogP contribution in [0, 0.1) is 0 Å². The Bertz CT molecular complexity index is 1160. The average molecular weight is 611 g/mol. The first-order valence-corrected chi connectivity index (χ1v) is 15.6. The molecule has 0 radical (unpaired) electrons. The van der Waals surface area contributed by atoms with Gasteiger partial charge in [-0.05, 0) is 68.7 Å². The van der Waals surface area contributed by atoms with Crippen LogP contribution >= 0.6 is 0 Å². The van der Waals surface area contributed by atoms with Gasteiger partial charge < -0.3 is 28.4 Å². The second-order valence-corrected chi connectivity index (χ2v) is 10.8. The summed E-state index contributed by atoms with van der Waals surface area (Å²) in [6.07, 6.45) is 3.61. The molecular weight excluding hydrogens is 564 g/mol. The summed E-state index contributed by atoms with van der Waals surface area (Å²) in [5.74, 6) is -0.797. The minimum Gasteiger partial charge on any atom is -0.494 e. The third-order valence-electron chi connectivity index (χ3n) is 7.02. The maximum Gasteiger partial charge on any atom is 0.338 e.